The van der Waals surface area contributed by atoms with Crippen molar-refractivity contribution in [2.75, 3.05) is 13.2 Å². The minimum absolute atomic E-state index is 0.191. The Balaban J connectivity index is 1.31. The number of ether oxygens (including phenoxy) is 1. The zero-order valence-electron chi connectivity index (χ0n) is 14.3. The van der Waals surface area contributed by atoms with Gasteiger partial charge < -0.3 is 4.74 Å². The Kier molecular flexibility index (Phi) is 4.59. The van der Waals surface area contributed by atoms with E-state index in [9.17, 15) is 14.4 Å². The maximum absolute atomic E-state index is 12.3. The van der Waals surface area contributed by atoms with Gasteiger partial charge in [-0.2, -0.15) is 0 Å². The summed E-state index contributed by atoms with van der Waals surface area (Å²) >= 11 is 1.64. The quantitative estimate of drug-likeness (QED) is 0.460. The lowest BCUT2D eigenvalue weighted by molar-refractivity contribution is 0.0481. The van der Waals surface area contributed by atoms with E-state index < -0.39 is 0 Å². The van der Waals surface area contributed by atoms with Gasteiger partial charge in [0.15, 0.2) is 0 Å². The fourth-order valence-corrected chi connectivity index (χ4v) is 4.69. The molecule has 2 heterocycles. The lowest BCUT2D eigenvalue weighted by Gasteiger charge is -2.14. The van der Waals surface area contributed by atoms with Crippen LogP contribution in [0.3, 0.4) is 0 Å². The number of benzene rings is 1. The van der Waals surface area contributed by atoms with Gasteiger partial charge in [-0.3, -0.25) is 14.5 Å². The van der Waals surface area contributed by atoms with E-state index in [1.54, 1.807) is 35.6 Å². The number of carbonyl (C=O) groups is 3. The van der Waals surface area contributed by atoms with Crippen LogP contribution in [0.2, 0.25) is 0 Å². The van der Waals surface area contributed by atoms with Gasteiger partial charge in [0.25, 0.3) is 11.8 Å². The van der Waals surface area contributed by atoms with Gasteiger partial charge >= 0.3 is 5.97 Å². The third kappa shape index (κ3) is 2.94. The number of amides is 2. The summed E-state index contributed by atoms with van der Waals surface area (Å²) in [6.07, 6.45) is 4.72. The molecule has 26 heavy (non-hydrogen) atoms. The number of aryl methyl sites for hydroxylation is 1. The highest BCUT2D eigenvalue weighted by atomic mass is 32.1. The summed E-state index contributed by atoms with van der Waals surface area (Å²) in [5.74, 6) is -0.848. The molecule has 5 nitrogen and oxygen atoms in total. The zero-order chi connectivity index (χ0) is 18.1. The minimum atomic E-state index is -0.299. The van der Waals surface area contributed by atoms with Crippen LogP contribution < -0.4 is 0 Å². The number of hydrogen-bond donors (Lipinski definition) is 0. The highest BCUT2D eigenvalue weighted by Crippen LogP contribution is 2.30. The van der Waals surface area contributed by atoms with E-state index in [1.165, 1.54) is 16.2 Å². The number of imide groups is 1. The van der Waals surface area contributed by atoms with Gasteiger partial charge in [-0.15, -0.1) is 11.3 Å². The Labute approximate surface area is 155 Å². The first kappa shape index (κ1) is 17.0. The topological polar surface area (TPSA) is 63.7 Å². The number of fused-ring (bicyclic) bond motifs is 2. The molecule has 0 radical (unpaired) electrons. The van der Waals surface area contributed by atoms with Crippen molar-refractivity contribution in [2.24, 2.45) is 0 Å². The largest absolute Gasteiger partial charge is 0.462 e. The van der Waals surface area contributed by atoms with Gasteiger partial charge in [0.05, 0.1) is 23.3 Å². The molecule has 1 aliphatic carbocycles. The molecule has 0 spiro atoms. The summed E-state index contributed by atoms with van der Waals surface area (Å²) in [5.41, 5.74) is 2.72. The molecule has 2 amide bonds. The average molecular weight is 369 g/mol. The van der Waals surface area contributed by atoms with Gasteiger partial charge in [-0.25, -0.2) is 4.79 Å². The normalized spacial score (nSPS) is 15.8. The summed E-state index contributed by atoms with van der Waals surface area (Å²) in [6, 6.07) is 6.82. The fraction of sp³-hybridized carbons (Fsp3) is 0.350. The first-order valence-corrected chi connectivity index (χ1v) is 9.76. The van der Waals surface area contributed by atoms with E-state index in [4.69, 9.17) is 4.74 Å². The minimum Gasteiger partial charge on any atom is -0.462 e. The predicted molar refractivity (Wildman–Crippen MR) is 97.7 cm³/mol. The Morgan fingerprint density at radius 3 is 2.50 bits per heavy atom. The predicted octanol–water partition coefficient (Wildman–Crippen LogP) is 3.47. The molecule has 0 fully saturated rings. The Morgan fingerprint density at radius 2 is 1.77 bits per heavy atom. The van der Waals surface area contributed by atoms with E-state index in [0.29, 0.717) is 23.1 Å². The lowest BCUT2D eigenvalue weighted by Crippen LogP contribution is -2.31. The number of carbonyl (C=O) groups excluding carboxylic acids is 3. The number of nitrogens with zero attached hydrogens (tertiary/aromatic N) is 1. The van der Waals surface area contributed by atoms with Crippen LogP contribution in [0.15, 0.2) is 29.6 Å². The van der Waals surface area contributed by atoms with Gasteiger partial charge in [-0.1, -0.05) is 12.1 Å². The molecule has 1 aliphatic heterocycles. The van der Waals surface area contributed by atoms with Crippen LogP contribution in [-0.4, -0.2) is 35.8 Å². The first-order valence-electron chi connectivity index (χ1n) is 8.88. The van der Waals surface area contributed by atoms with E-state index in [-0.39, 0.29) is 30.9 Å². The monoisotopic (exact) mass is 369 g/mol. The van der Waals surface area contributed by atoms with Crippen LogP contribution in [0.5, 0.6) is 0 Å². The molecule has 0 N–H and O–H groups in total. The van der Waals surface area contributed by atoms with Gasteiger partial charge in [-0.05, 0) is 49.8 Å². The van der Waals surface area contributed by atoms with Crippen LogP contribution in [0, 0.1) is 0 Å². The Morgan fingerprint density at radius 1 is 1.08 bits per heavy atom. The Hall–Kier alpha value is -2.47. The smallest absolute Gasteiger partial charge is 0.339 e. The molecule has 2 aromatic rings. The van der Waals surface area contributed by atoms with E-state index in [1.807, 2.05) is 5.38 Å². The summed E-state index contributed by atoms with van der Waals surface area (Å²) in [7, 11) is 0. The van der Waals surface area contributed by atoms with E-state index in [2.05, 4.69) is 0 Å². The number of hydrogen-bond acceptors (Lipinski definition) is 5. The van der Waals surface area contributed by atoms with Crippen molar-refractivity contribution in [1.82, 2.24) is 4.90 Å². The standard InChI is InChI=1S/C20H19NO4S/c22-18-14-7-1-2-8-15(14)19(23)21(18)10-5-11-25-20(24)16-12-26-17-9-4-3-6-13(16)17/h1-2,7-8,12H,3-6,9-11H2. The highest BCUT2D eigenvalue weighted by molar-refractivity contribution is 7.10. The molecule has 1 aromatic carbocycles. The van der Waals surface area contributed by atoms with Crippen molar-refractivity contribution >= 4 is 29.1 Å². The second-order valence-electron chi connectivity index (χ2n) is 6.56. The molecule has 6 heteroatoms. The summed E-state index contributed by atoms with van der Waals surface area (Å²) in [6.45, 7) is 0.443. The van der Waals surface area contributed by atoms with Crippen molar-refractivity contribution in [3.05, 3.63) is 56.8 Å². The molecular formula is C20H19NO4S. The Bertz CT molecular complexity index is 851. The third-order valence-corrected chi connectivity index (χ3v) is 6.01. The molecule has 4 rings (SSSR count). The van der Waals surface area contributed by atoms with Gasteiger partial charge in [0.2, 0.25) is 0 Å². The van der Waals surface area contributed by atoms with Crippen molar-refractivity contribution in [3.8, 4) is 0 Å². The zero-order valence-corrected chi connectivity index (χ0v) is 15.1. The number of thiophene rings is 1. The molecule has 134 valence electrons. The second kappa shape index (κ2) is 7.03. The first-order chi connectivity index (χ1) is 12.7. The molecule has 0 saturated heterocycles. The summed E-state index contributed by atoms with van der Waals surface area (Å²) < 4.78 is 5.38. The maximum Gasteiger partial charge on any atom is 0.339 e. The molecule has 2 aliphatic rings. The second-order valence-corrected chi connectivity index (χ2v) is 7.52. The van der Waals surface area contributed by atoms with Crippen LogP contribution in [0.1, 0.15) is 60.8 Å². The van der Waals surface area contributed by atoms with Crippen molar-refractivity contribution < 1.29 is 19.1 Å². The van der Waals surface area contributed by atoms with Crippen LogP contribution in [0.4, 0.5) is 0 Å². The van der Waals surface area contributed by atoms with Gasteiger partial charge in [0, 0.05) is 16.8 Å². The van der Waals surface area contributed by atoms with Gasteiger partial charge in [0.1, 0.15) is 0 Å². The molecule has 1 aromatic heterocycles. The SMILES string of the molecule is O=C(OCCCN1C(=O)c2ccccc2C1=O)c1csc2c1CCCC2. The average Bonchev–Trinajstić information content (AvgIpc) is 3.20. The van der Waals surface area contributed by atoms with Crippen LogP contribution >= 0.6 is 11.3 Å². The molecule has 0 atom stereocenters. The van der Waals surface area contributed by atoms with Crippen molar-refractivity contribution in [3.63, 3.8) is 0 Å². The van der Waals surface area contributed by atoms with Crippen molar-refractivity contribution in [1.29, 1.82) is 0 Å². The van der Waals surface area contributed by atoms with E-state index >= 15 is 0 Å². The van der Waals surface area contributed by atoms with Crippen LogP contribution in [-0.2, 0) is 17.6 Å². The molecule has 0 bridgehead atoms. The maximum atomic E-state index is 12.3. The fourth-order valence-electron chi connectivity index (χ4n) is 3.57. The van der Waals surface area contributed by atoms with Crippen molar-refractivity contribution in [2.45, 2.75) is 32.1 Å². The van der Waals surface area contributed by atoms with E-state index in [0.717, 1.165) is 24.8 Å². The molecule has 0 unspecified atom stereocenters. The molecular weight excluding hydrogens is 350 g/mol. The van der Waals surface area contributed by atoms with Crippen LogP contribution in [0.25, 0.3) is 0 Å². The number of esters is 1. The third-order valence-electron chi connectivity index (χ3n) is 4.92. The number of rotatable bonds is 5. The molecule has 0 saturated carbocycles. The highest BCUT2D eigenvalue weighted by Gasteiger charge is 2.34. The summed E-state index contributed by atoms with van der Waals surface area (Å²) in [5, 5.41) is 1.89. The lowest BCUT2D eigenvalue weighted by atomic mass is 9.96. The summed E-state index contributed by atoms with van der Waals surface area (Å²) in [4.78, 5) is 39.4.